The van der Waals surface area contributed by atoms with Crippen LogP contribution in [0.4, 0.5) is 5.69 Å². The van der Waals surface area contributed by atoms with Gasteiger partial charge >= 0.3 is 0 Å². The maximum absolute atomic E-state index is 8.56. The van der Waals surface area contributed by atoms with Crippen molar-refractivity contribution in [3.05, 3.63) is 96.7 Å². The van der Waals surface area contributed by atoms with Gasteiger partial charge in [-0.05, 0) is 53.8 Å². The number of nitrogens with zero attached hydrogens (tertiary/aromatic N) is 2. The van der Waals surface area contributed by atoms with E-state index in [0.29, 0.717) is 6.54 Å². The fraction of sp³-hybridized carbons (Fsp3) is 0.214. The highest BCUT2D eigenvalue weighted by atomic mass is 15.1. The van der Waals surface area contributed by atoms with E-state index in [1.54, 1.807) is 0 Å². The van der Waals surface area contributed by atoms with Gasteiger partial charge in [-0.15, -0.1) is 0 Å². The molecular formula is C28H28N2. The van der Waals surface area contributed by atoms with Crippen LogP contribution in [0.15, 0.2) is 96.7 Å². The monoisotopic (exact) mass is 394 g/mol. The van der Waals surface area contributed by atoms with Gasteiger partial charge in [0.05, 0.1) is 11.0 Å². The van der Waals surface area contributed by atoms with Gasteiger partial charge in [0.15, 0.2) is 0 Å². The van der Waals surface area contributed by atoms with E-state index in [9.17, 15) is 0 Å². The van der Waals surface area contributed by atoms with Gasteiger partial charge in [-0.1, -0.05) is 69.3 Å². The molecule has 0 N–H and O–H groups in total. The summed E-state index contributed by atoms with van der Waals surface area (Å²) < 4.78 is 19.4. The minimum atomic E-state index is -1.38. The molecule has 0 saturated carbocycles. The molecule has 4 aromatic rings. The summed E-state index contributed by atoms with van der Waals surface area (Å²) in [7, 11) is 0. The molecule has 1 aromatic heterocycles. The second kappa shape index (κ2) is 7.21. The van der Waals surface area contributed by atoms with Gasteiger partial charge < -0.3 is 9.47 Å². The average molecular weight is 395 g/mol. The Bertz CT molecular complexity index is 1350. The Morgan fingerprint density at radius 1 is 0.833 bits per heavy atom. The van der Waals surface area contributed by atoms with Crippen molar-refractivity contribution in [2.24, 2.45) is 5.41 Å². The summed E-state index contributed by atoms with van der Waals surface area (Å²) in [5.41, 5.74) is 4.90. The maximum atomic E-state index is 8.56. The van der Waals surface area contributed by atoms with Crippen molar-refractivity contribution in [1.29, 1.82) is 0 Å². The lowest BCUT2D eigenvalue weighted by atomic mass is 9.87. The Hall–Kier alpha value is -3.26. The number of hydrogen-bond acceptors (Lipinski definition) is 1. The molecule has 0 aliphatic carbocycles. The molecule has 0 unspecified atom stereocenters. The summed E-state index contributed by atoms with van der Waals surface area (Å²) >= 11 is 0. The molecule has 0 radical (unpaired) electrons. The second-order valence-corrected chi connectivity index (χ2v) is 8.89. The molecule has 2 heterocycles. The first-order valence-electron chi connectivity index (χ1n) is 11.5. The van der Waals surface area contributed by atoms with Crippen LogP contribution < -0.4 is 4.90 Å². The van der Waals surface area contributed by atoms with Crippen LogP contribution in [-0.4, -0.2) is 11.1 Å². The zero-order valence-electron chi connectivity index (χ0n) is 19.8. The molecule has 5 rings (SSSR count). The lowest BCUT2D eigenvalue weighted by Gasteiger charge is -2.26. The summed E-state index contributed by atoms with van der Waals surface area (Å²) in [6.45, 7) is 6.50. The summed E-state index contributed by atoms with van der Waals surface area (Å²) in [5, 5.41) is 2.47. The normalized spacial score (nSPS) is 16.0. The van der Waals surface area contributed by atoms with Gasteiger partial charge in [0.1, 0.15) is 0 Å². The van der Waals surface area contributed by atoms with Crippen molar-refractivity contribution in [1.82, 2.24) is 4.57 Å². The standard InChI is InChI=1S/C28H28N2/c1-28(2,3)20-21-15-17-29(18-16-21)23-13-14-25-24-11-7-8-12-26(24)30(27(25)19-23)22-9-5-4-6-10-22/h4-17,19H,18,20H2,1-3H3/i20D2. The Morgan fingerprint density at radius 2 is 1.57 bits per heavy atom. The lowest BCUT2D eigenvalue weighted by molar-refractivity contribution is 0.412. The highest BCUT2D eigenvalue weighted by molar-refractivity contribution is 6.10. The van der Waals surface area contributed by atoms with Gasteiger partial charge in [0.2, 0.25) is 0 Å². The third-order valence-corrected chi connectivity index (χ3v) is 5.46. The van der Waals surface area contributed by atoms with E-state index in [2.05, 4.69) is 76.2 Å². The van der Waals surface area contributed by atoms with E-state index < -0.39 is 11.8 Å². The van der Waals surface area contributed by atoms with Crippen molar-refractivity contribution >= 4 is 27.5 Å². The molecule has 3 aromatic carbocycles. The van der Waals surface area contributed by atoms with Gasteiger partial charge in [0.25, 0.3) is 0 Å². The van der Waals surface area contributed by atoms with Crippen LogP contribution in [-0.2, 0) is 0 Å². The van der Waals surface area contributed by atoms with Crippen LogP contribution in [0.25, 0.3) is 27.5 Å². The van der Waals surface area contributed by atoms with Crippen molar-refractivity contribution in [3.63, 3.8) is 0 Å². The quantitative estimate of drug-likeness (QED) is 0.350. The first-order chi connectivity index (χ1) is 15.3. The number of para-hydroxylation sites is 2. The summed E-state index contributed by atoms with van der Waals surface area (Å²) in [4.78, 5) is 2.18. The Labute approximate surface area is 181 Å². The third kappa shape index (κ3) is 3.43. The number of rotatable bonds is 3. The maximum Gasteiger partial charge on any atom is 0.0561 e. The Kier molecular flexibility index (Phi) is 3.97. The van der Waals surface area contributed by atoms with E-state index >= 15 is 0 Å². The molecule has 1 aliphatic heterocycles. The predicted molar refractivity (Wildman–Crippen MR) is 129 cm³/mol. The van der Waals surface area contributed by atoms with Crippen LogP contribution in [0, 0.1) is 5.41 Å². The molecule has 1 aliphatic rings. The fourth-order valence-electron chi connectivity index (χ4n) is 4.21. The van der Waals surface area contributed by atoms with E-state index in [0.717, 1.165) is 16.9 Å². The zero-order chi connectivity index (χ0) is 22.5. The first-order valence-corrected chi connectivity index (χ1v) is 10.5. The lowest BCUT2D eigenvalue weighted by Crippen LogP contribution is -2.20. The molecule has 0 spiro atoms. The minimum absolute atomic E-state index is 0.457. The van der Waals surface area contributed by atoms with Gasteiger partial charge in [0, 0.05) is 37.6 Å². The predicted octanol–water partition coefficient (Wildman–Crippen LogP) is 7.48. The topological polar surface area (TPSA) is 8.17 Å². The van der Waals surface area contributed by atoms with Gasteiger partial charge in [-0.3, -0.25) is 0 Å². The Morgan fingerprint density at radius 3 is 2.30 bits per heavy atom. The van der Waals surface area contributed by atoms with E-state index in [-0.39, 0.29) is 0 Å². The van der Waals surface area contributed by atoms with Gasteiger partial charge in [-0.25, -0.2) is 0 Å². The van der Waals surface area contributed by atoms with Crippen LogP contribution in [0.5, 0.6) is 0 Å². The first kappa shape index (κ1) is 16.5. The summed E-state index contributed by atoms with van der Waals surface area (Å²) in [6, 6.07) is 25.6. The second-order valence-electron chi connectivity index (χ2n) is 8.89. The number of anilines is 1. The summed E-state index contributed by atoms with van der Waals surface area (Å²) in [6.07, 6.45) is 4.57. The highest BCUT2D eigenvalue weighted by Gasteiger charge is 2.16. The van der Waals surface area contributed by atoms with Crippen molar-refractivity contribution in [3.8, 4) is 5.69 Å². The molecule has 0 bridgehead atoms. The number of benzene rings is 3. The SMILES string of the molecule is [2H]C([2H])(C1=CCN(c2ccc3c4ccccc4n(-c4ccccc4)c3c2)C=C1)C(C)(C)C. The van der Waals surface area contributed by atoms with Crippen LogP contribution in [0.1, 0.15) is 29.9 Å². The fourth-order valence-corrected chi connectivity index (χ4v) is 4.21. The summed E-state index contributed by atoms with van der Waals surface area (Å²) in [5.74, 6) is 0. The highest BCUT2D eigenvalue weighted by Crippen LogP contribution is 2.35. The van der Waals surface area contributed by atoms with E-state index in [4.69, 9.17) is 2.74 Å². The average Bonchev–Trinajstić information content (AvgIpc) is 3.12. The van der Waals surface area contributed by atoms with Crippen molar-refractivity contribution < 1.29 is 2.74 Å². The molecule has 2 nitrogen and oxygen atoms in total. The molecule has 0 fully saturated rings. The zero-order valence-corrected chi connectivity index (χ0v) is 17.8. The molecule has 0 atom stereocenters. The molecule has 30 heavy (non-hydrogen) atoms. The molecule has 150 valence electrons. The number of allylic oxidation sites excluding steroid dienone is 2. The molecule has 2 heteroatoms. The third-order valence-electron chi connectivity index (χ3n) is 5.46. The molecule has 0 amide bonds. The number of aromatic nitrogens is 1. The number of fused-ring (bicyclic) bond motifs is 3. The van der Waals surface area contributed by atoms with Crippen molar-refractivity contribution in [2.75, 3.05) is 11.4 Å². The van der Waals surface area contributed by atoms with Crippen molar-refractivity contribution in [2.45, 2.75) is 27.1 Å². The number of hydrogen-bond donors (Lipinski definition) is 0. The Balaban J connectivity index is 1.58. The smallest absolute Gasteiger partial charge is 0.0561 e. The van der Waals surface area contributed by atoms with Crippen LogP contribution in [0.2, 0.25) is 0 Å². The van der Waals surface area contributed by atoms with Gasteiger partial charge in [-0.2, -0.15) is 0 Å². The van der Waals surface area contributed by atoms with Crippen LogP contribution in [0.3, 0.4) is 0 Å². The van der Waals surface area contributed by atoms with E-state index in [1.807, 2.05) is 45.2 Å². The van der Waals surface area contributed by atoms with Crippen LogP contribution >= 0.6 is 0 Å². The largest absolute Gasteiger partial charge is 0.344 e. The molecular weight excluding hydrogens is 364 g/mol. The van der Waals surface area contributed by atoms with E-state index in [1.165, 1.54) is 21.8 Å². The molecule has 0 saturated heterocycles. The minimum Gasteiger partial charge on any atom is -0.344 e.